The van der Waals surface area contributed by atoms with Gasteiger partial charge in [-0.2, -0.15) is 0 Å². The average Bonchev–Trinajstić information content (AvgIpc) is 2.72. The monoisotopic (exact) mass is 416 g/mol. The zero-order chi connectivity index (χ0) is 22.6. The SMILES string of the molecule is C/C=C(\C)C(=O)O[C@@H]1C[C@@H](OC(=O)CC(C)C)C(C)(C)C2C3C(=O)C=C(C)C2C31C. The zero-order valence-corrected chi connectivity index (χ0v) is 19.6. The van der Waals surface area contributed by atoms with Crippen molar-refractivity contribution in [2.75, 3.05) is 0 Å². The molecule has 0 aromatic heterocycles. The first-order chi connectivity index (χ1) is 13.8. The summed E-state index contributed by atoms with van der Waals surface area (Å²) in [5.74, 6) is -0.310. The number of fused-ring (bicyclic) bond motifs is 1. The highest BCUT2D eigenvalue weighted by Crippen LogP contribution is 2.72. The molecule has 0 aliphatic heterocycles. The number of hydrogen-bond acceptors (Lipinski definition) is 5. The van der Waals surface area contributed by atoms with Crippen LogP contribution in [0.2, 0.25) is 0 Å². The molecule has 4 unspecified atom stereocenters. The molecule has 30 heavy (non-hydrogen) atoms. The minimum absolute atomic E-state index is 0.0726. The van der Waals surface area contributed by atoms with Crippen molar-refractivity contribution in [3.8, 4) is 0 Å². The van der Waals surface area contributed by atoms with Crippen molar-refractivity contribution in [3.63, 3.8) is 0 Å². The predicted molar refractivity (Wildman–Crippen MR) is 114 cm³/mol. The summed E-state index contributed by atoms with van der Waals surface area (Å²) in [7, 11) is 0. The van der Waals surface area contributed by atoms with Gasteiger partial charge in [0.2, 0.25) is 0 Å². The molecule has 0 heterocycles. The summed E-state index contributed by atoms with van der Waals surface area (Å²) >= 11 is 0. The van der Waals surface area contributed by atoms with Crippen molar-refractivity contribution in [1.29, 1.82) is 0 Å². The van der Waals surface area contributed by atoms with Crippen LogP contribution in [0.4, 0.5) is 0 Å². The molecule has 166 valence electrons. The van der Waals surface area contributed by atoms with E-state index in [-0.39, 0.29) is 41.4 Å². The molecule has 5 nitrogen and oxygen atoms in total. The molecule has 0 aromatic rings. The lowest BCUT2D eigenvalue weighted by Crippen LogP contribution is -2.67. The molecule has 3 rings (SSSR count). The maximum atomic E-state index is 13.1. The number of carbonyl (C=O) groups excluding carboxylic acids is 3. The van der Waals surface area contributed by atoms with Gasteiger partial charge in [-0.15, -0.1) is 0 Å². The van der Waals surface area contributed by atoms with Crippen LogP contribution in [0.25, 0.3) is 0 Å². The molecule has 2 fully saturated rings. The molecule has 3 aliphatic rings. The van der Waals surface area contributed by atoms with E-state index in [0.29, 0.717) is 18.4 Å². The standard InChI is InChI=1S/C25H36O5/c1-9-14(4)23(28)30-18-12-17(29-19(27)10-13(2)3)24(6,7)22-20-15(5)11-16(26)21(22)25(18,20)8/h9,11,13,17-18,20-22H,10,12H2,1-8H3/b14-9+/t17-,18-,20?,21?,22?,25?/m1/s1. The van der Waals surface area contributed by atoms with Gasteiger partial charge in [0, 0.05) is 35.2 Å². The number of carbonyl (C=O) groups is 3. The highest BCUT2D eigenvalue weighted by Gasteiger charge is 2.74. The summed E-state index contributed by atoms with van der Waals surface area (Å²) in [5.41, 5.74) is 0.709. The molecule has 5 heteroatoms. The fourth-order valence-corrected chi connectivity index (χ4v) is 6.18. The van der Waals surface area contributed by atoms with Crippen LogP contribution in [0.15, 0.2) is 23.3 Å². The average molecular weight is 417 g/mol. The topological polar surface area (TPSA) is 69.7 Å². The second kappa shape index (κ2) is 7.65. The normalized spacial score (nSPS) is 37.1. The third-order valence-corrected chi connectivity index (χ3v) is 7.89. The quantitative estimate of drug-likeness (QED) is 0.482. The fraction of sp³-hybridized carbons (Fsp3) is 0.720. The van der Waals surface area contributed by atoms with Gasteiger partial charge in [0.05, 0.1) is 0 Å². The van der Waals surface area contributed by atoms with Gasteiger partial charge in [-0.05, 0) is 44.6 Å². The van der Waals surface area contributed by atoms with E-state index in [0.717, 1.165) is 5.57 Å². The van der Waals surface area contributed by atoms with Gasteiger partial charge in [0.25, 0.3) is 0 Å². The van der Waals surface area contributed by atoms with E-state index in [2.05, 4.69) is 20.8 Å². The number of ketones is 1. The maximum absolute atomic E-state index is 13.1. The van der Waals surface area contributed by atoms with Gasteiger partial charge in [-0.1, -0.05) is 46.3 Å². The Hall–Kier alpha value is -1.91. The van der Waals surface area contributed by atoms with Crippen LogP contribution >= 0.6 is 0 Å². The van der Waals surface area contributed by atoms with Crippen molar-refractivity contribution >= 4 is 17.7 Å². The predicted octanol–water partition coefficient (Wildman–Crippen LogP) is 4.65. The Bertz CT molecular complexity index is 817. The summed E-state index contributed by atoms with van der Waals surface area (Å²) in [5, 5.41) is 0. The van der Waals surface area contributed by atoms with Crippen LogP contribution in [0, 0.1) is 34.5 Å². The Balaban J connectivity index is 2.02. The summed E-state index contributed by atoms with van der Waals surface area (Å²) in [6, 6.07) is 0. The number of ether oxygens (including phenoxy) is 2. The lowest BCUT2D eigenvalue weighted by molar-refractivity contribution is -0.202. The minimum atomic E-state index is -0.489. The van der Waals surface area contributed by atoms with Gasteiger partial charge >= 0.3 is 11.9 Å². The largest absolute Gasteiger partial charge is 0.462 e. The highest BCUT2D eigenvalue weighted by molar-refractivity contribution is 5.97. The molecule has 0 spiro atoms. The second-order valence-electron chi connectivity index (χ2n) is 10.6. The summed E-state index contributed by atoms with van der Waals surface area (Å²) in [4.78, 5) is 38.3. The van der Waals surface area contributed by atoms with Crippen LogP contribution in [0.3, 0.4) is 0 Å². The Morgan fingerprint density at radius 1 is 1.17 bits per heavy atom. The summed E-state index contributed by atoms with van der Waals surface area (Å²) in [6.45, 7) is 15.8. The molecule has 0 aromatic carbocycles. The molecular weight excluding hydrogens is 380 g/mol. The van der Waals surface area contributed by atoms with Gasteiger partial charge in [0.15, 0.2) is 5.78 Å². The zero-order valence-electron chi connectivity index (χ0n) is 19.6. The van der Waals surface area contributed by atoms with Crippen LogP contribution in [0.5, 0.6) is 0 Å². The molecule has 0 N–H and O–H groups in total. The number of esters is 2. The van der Waals surface area contributed by atoms with E-state index < -0.39 is 23.0 Å². The summed E-state index contributed by atoms with van der Waals surface area (Å²) < 4.78 is 12.0. The van der Waals surface area contributed by atoms with E-state index >= 15 is 0 Å². The van der Waals surface area contributed by atoms with E-state index in [1.807, 2.05) is 20.8 Å². The fourth-order valence-electron chi connectivity index (χ4n) is 6.18. The Kier molecular flexibility index (Phi) is 5.81. The van der Waals surface area contributed by atoms with Gasteiger partial charge in [-0.25, -0.2) is 4.79 Å². The first kappa shape index (κ1) is 22.8. The number of rotatable bonds is 5. The lowest BCUT2D eigenvalue weighted by atomic mass is 9.37. The third-order valence-electron chi connectivity index (χ3n) is 7.89. The third kappa shape index (κ3) is 3.34. The first-order valence-corrected chi connectivity index (χ1v) is 11.1. The van der Waals surface area contributed by atoms with Crippen molar-refractivity contribution in [3.05, 3.63) is 23.3 Å². The van der Waals surface area contributed by atoms with Gasteiger partial charge in [-0.3, -0.25) is 9.59 Å². The number of hydrogen-bond donors (Lipinski definition) is 0. The summed E-state index contributed by atoms with van der Waals surface area (Å²) in [6.07, 6.45) is 3.35. The van der Waals surface area contributed by atoms with E-state index in [9.17, 15) is 14.4 Å². The first-order valence-electron chi connectivity index (χ1n) is 11.1. The molecular formula is C25H36O5. The van der Waals surface area contributed by atoms with Crippen LogP contribution < -0.4 is 0 Å². The molecule has 0 amide bonds. The molecule has 0 saturated heterocycles. The Morgan fingerprint density at radius 2 is 1.80 bits per heavy atom. The molecule has 3 aliphatic carbocycles. The minimum Gasteiger partial charge on any atom is -0.462 e. The van der Waals surface area contributed by atoms with Crippen molar-refractivity contribution in [2.45, 2.75) is 80.4 Å². The van der Waals surface area contributed by atoms with Crippen LogP contribution in [-0.2, 0) is 23.9 Å². The molecule has 0 radical (unpaired) electrons. The molecule has 6 atom stereocenters. The Morgan fingerprint density at radius 3 is 2.33 bits per heavy atom. The van der Waals surface area contributed by atoms with E-state index in [1.54, 1.807) is 26.0 Å². The second-order valence-corrected chi connectivity index (χ2v) is 10.6. The highest BCUT2D eigenvalue weighted by atomic mass is 16.6. The van der Waals surface area contributed by atoms with Crippen LogP contribution in [-0.4, -0.2) is 29.9 Å². The number of allylic oxidation sites excluding steroid dienone is 3. The smallest absolute Gasteiger partial charge is 0.333 e. The van der Waals surface area contributed by atoms with Crippen molar-refractivity contribution in [2.24, 2.45) is 34.5 Å². The lowest BCUT2D eigenvalue weighted by Gasteiger charge is -2.65. The maximum Gasteiger partial charge on any atom is 0.333 e. The molecule has 2 saturated carbocycles. The van der Waals surface area contributed by atoms with Crippen molar-refractivity contribution < 1.29 is 23.9 Å². The van der Waals surface area contributed by atoms with Gasteiger partial charge < -0.3 is 9.47 Å². The Labute approximate surface area is 180 Å². The van der Waals surface area contributed by atoms with Crippen molar-refractivity contribution in [1.82, 2.24) is 0 Å². The van der Waals surface area contributed by atoms with Crippen LogP contribution in [0.1, 0.15) is 68.2 Å². The molecule has 4 bridgehead atoms. The van der Waals surface area contributed by atoms with Gasteiger partial charge in [0.1, 0.15) is 12.2 Å². The van der Waals surface area contributed by atoms with E-state index in [4.69, 9.17) is 9.47 Å². The van der Waals surface area contributed by atoms with E-state index in [1.165, 1.54) is 0 Å².